The first-order chi connectivity index (χ1) is 13.5. The first kappa shape index (κ1) is 20.1. The van der Waals surface area contributed by atoms with Crippen molar-refractivity contribution in [2.45, 2.75) is 51.6 Å². The molecule has 2 aromatic carbocycles. The van der Waals surface area contributed by atoms with Gasteiger partial charge in [-0.05, 0) is 31.4 Å². The second-order valence-electron chi connectivity index (χ2n) is 7.83. The van der Waals surface area contributed by atoms with E-state index >= 15 is 0 Å². The van der Waals surface area contributed by atoms with Crippen LogP contribution in [0, 0.1) is 5.41 Å². The molecule has 1 aliphatic heterocycles. The van der Waals surface area contributed by atoms with Crippen LogP contribution in [0.2, 0.25) is 0 Å². The Morgan fingerprint density at radius 3 is 2.04 bits per heavy atom. The molecule has 1 N–H and O–H groups in total. The molecule has 2 aromatic rings. The largest absolute Gasteiger partial charge is 0.346 e. The highest BCUT2D eigenvalue weighted by Crippen LogP contribution is 2.34. The standard InChI is InChI=1S/C24H31N3O/c1-4-11-22(25)27-17-23(28)26(18(2)3)16-21(27)24(19-12-7-5-8-13-19)20-14-9-6-10-15-20/h5-10,12-15,18,21,24-25H,4,11,16-17H2,1-3H3/t21-/m1/s1. The Morgan fingerprint density at radius 1 is 1.04 bits per heavy atom. The van der Waals surface area contributed by atoms with E-state index in [0.29, 0.717) is 18.8 Å². The van der Waals surface area contributed by atoms with Crippen molar-refractivity contribution >= 4 is 11.7 Å². The molecule has 1 atom stereocenters. The lowest BCUT2D eigenvalue weighted by atomic mass is 9.82. The Bertz CT molecular complexity index is 749. The number of benzene rings is 2. The van der Waals surface area contributed by atoms with Crippen molar-refractivity contribution < 1.29 is 4.79 Å². The summed E-state index contributed by atoms with van der Waals surface area (Å²) in [5, 5.41) is 8.65. The summed E-state index contributed by atoms with van der Waals surface area (Å²) >= 11 is 0. The van der Waals surface area contributed by atoms with Crippen LogP contribution in [0.3, 0.4) is 0 Å². The summed E-state index contributed by atoms with van der Waals surface area (Å²) in [4.78, 5) is 16.8. The zero-order chi connectivity index (χ0) is 20.1. The fourth-order valence-corrected chi connectivity index (χ4v) is 4.17. The topological polar surface area (TPSA) is 47.4 Å². The SMILES string of the molecule is CCCC(=N)N1CC(=O)N(C(C)C)C[C@@H]1C(c1ccccc1)c1ccccc1. The highest BCUT2D eigenvalue weighted by molar-refractivity contribution is 5.88. The fourth-order valence-electron chi connectivity index (χ4n) is 4.17. The summed E-state index contributed by atoms with van der Waals surface area (Å²) in [6.45, 7) is 7.15. The van der Waals surface area contributed by atoms with Gasteiger partial charge in [0, 0.05) is 24.9 Å². The van der Waals surface area contributed by atoms with E-state index in [0.717, 1.165) is 6.42 Å². The molecule has 4 nitrogen and oxygen atoms in total. The molecule has 28 heavy (non-hydrogen) atoms. The molecule has 148 valence electrons. The minimum atomic E-state index is 0.0453. The lowest BCUT2D eigenvalue weighted by molar-refractivity contribution is -0.138. The average molecular weight is 378 g/mol. The van der Waals surface area contributed by atoms with Crippen molar-refractivity contribution in [1.82, 2.24) is 9.80 Å². The normalized spacial score (nSPS) is 17.5. The molecule has 0 aliphatic carbocycles. The first-order valence-electron chi connectivity index (χ1n) is 10.3. The summed E-state index contributed by atoms with van der Waals surface area (Å²) in [6.07, 6.45) is 1.60. The Kier molecular flexibility index (Phi) is 6.50. The van der Waals surface area contributed by atoms with Gasteiger partial charge in [-0.25, -0.2) is 0 Å². The van der Waals surface area contributed by atoms with E-state index < -0.39 is 0 Å². The zero-order valence-corrected chi connectivity index (χ0v) is 17.1. The van der Waals surface area contributed by atoms with Crippen LogP contribution in [0.1, 0.15) is 50.7 Å². The fraction of sp³-hybridized carbons (Fsp3) is 0.417. The van der Waals surface area contributed by atoms with Crippen molar-refractivity contribution in [3.8, 4) is 0 Å². The van der Waals surface area contributed by atoms with E-state index in [-0.39, 0.29) is 30.5 Å². The maximum Gasteiger partial charge on any atom is 0.242 e. The van der Waals surface area contributed by atoms with Gasteiger partial charge in [0.15, 0.2) is 0 Å². The minimum Gasteiger partial charge on any atom is -0.346 e. The lowest BCUT2D eigenvalue weighted by Crippen LogP contribution is -2.61. The van der Waals surface area contributed by atoms with Gasteiger partial charge in [0.2, 0.25) is 5.91 Å². The molecule has 0 radical (unpaired) electrons. The van der Waals surface area contributed by atoms with E-state index in [1.807, 2.05) is 17.0 Å². The molecule has 0 spiro atoms. The van der Waals surface area contributed by atoms with Gasteiger partial charge < -0.3 is 9.80 Å². The van der Waals surface area contributed by atoms with Crippen LogP contribution in [-0.4, -0.2) is 46.7 Å². The van der Waals surface area contributed by atoms with Crippen LogP contribution in [0.5, 0.6) is 0 Å². The Labute approximate surface area is 168 Å². The third kappa shape index (κ3) is 4.27. The number of carbonyl (C=O) groups excluding carboxylic acids is 1. The molecule has 0 bridgehead atoms. The maximum atomic E-state index is 12.8. The number of carbonyl (C=O) groups is 1. The Morgan fingerprint density at radius 2 is 1.57 bits per heavy atom. The summed E-state index contributed by atoms with van der Waals surface area (Å²) < 4.78 is 0. The van der Waals surface area contributed by atoms with E-state index in [9.17, 15) is 4.79 Å². The van der Waals surface area contributed by atoms with E-state index in [2.05, 4.69) is 74.2 Å². The van der Waals surface area contributed by atoms with Crippen molar-refractivity contribution in [3.05, 3.63) is 71.8 Å². The first-order valence-corrected chi connectivity index (χ1v) is 10.3. The molecule has 1 heterocycles. The molecule has 0 saturated carbocycles. The van der Waals surface area contributed by atoms with Gasteiger partial charge in [0.05, 0.1) is 18.4 Å². The summed E-state index contributed by atoms with van der Waals surface area (Å²) in [5.41, 5.74) is 2.46. The van der Waals surface area contributed by atoms with Gasteiger partial charge in [0.1, 0.15) is 0 Å². The smallest absolute Gasteiger partial charge is 0.242 e. The molecule has 1 aliphatic rings. The van der Waals surface area contributed by atoms with Crippen LogP contribution >= 0.6 is 0 Å². The van der Waals surface area contributed by atoms with Gasteiger partial charge >= 0.3 is 0 Å². The Balaban J connectivity index is 2.07. The van der Waals surface area contributed by atoms with Crippen molar-refractivity contribution in [1.29, 1.82) is 5.41 Å². The van der Waals surface area contributed by atoms with Gasteiger partial charge in [0.25, 0.3) is 0 Å². The molecular weight excluding hydrogens is 346 g/mol. The maximum absolute atomic E-state index is 12.8. The van der Waals surface area contributed by atoms with Gasteiger partial charge in [-0.2, -0.15) is 0 Å². The van der Waals surface area contributed by atoms with Crippen LogP contribution in [-0.2, 0) is 4.79 Å². The second-order valence-corrected chi connectivity index (χ2v) is 7.83. The van der Waals surface area contributed by atoms with E-state index in [4.69, 9.17) is 5.41 Å². The molecule has 4 heteroatoms. The molecule has 3 rings (SSSR count). The minimum absolute atomic E-state index is 0.0453. The Hall–Kier alpha value is -2.62. The average Bonchev–Trinajstić information content (AvgIpc) is 2.70. The summed E-state index contributed by atoms with van der Waals surface area (Å²) in [6, 6.07) is 21.2. The predicted molar refractivity (Wildman–Crippen MR) is 115 cm³/mol. The summed E-state index contributed by atoms with van der Waals surface area (Å²) in [5.74, 6) is 0.794. The van der Waals surface area contributed by atoms with Gasteiger partial charge in [-0.3, -0.25) is 10.2 Å². The van der Waals surface area contributed by atoms with Crippen molar-refractivity contribution in [2.24, 2.45) is 0 Å². The quantitative estimate of drug-likeness (QED) is 0.594. The predicted octanol–water partition coefficient (Wildman–Crippen LogP) is 4.52. The highest BCUT2D eigenvalue weighted by atomic mass is 16.2. The van der Waals surface area contributed by atoms with Crippen LogP contribution < -0.4 is 0 Å². The van der Waals surface area contributed by atoms with Crippen molar-refractivity contribution in [2.75, 3.05) is 13.1 Å². The number of nitrogens with one attached hydrogen (secondary N) is 1. The number of hydrogen-bond acceptors (Lipinski definition) is 2. The monoisotopic (exact) mass is 377 g/mol. The molecule has 0 unspecified atom stereocenters. The number of nitrogens with zero attached hydrogens (tertiary/aromatic N) is 2. The molecule has 1 amide bonds. The number of amidine groups is 1. The lowest BCUT2D eigenvalue weighted by Gasteiger charge is -2.47. The molecular formula is C24H31N3O. The number of rotatable bonds is 6. The van der Waals surface area contributed by atoms with Crippen LogP contribution in [0.25, 0.3) is 0 Å². The molecule has 1 saturated heterocycles. The van der Waals surface area contributed by atoms with Gasteiger partial charge in [-0.15, -0.1) is 0 Å². The van der Waals surface area contributed by atoms with Crippen molar-refractivity contribution in [3.63, 3.8) is 0 Å². The zero-order valence-electron chi connectivity index (χ0n) is 17.1. The highest BCUT2D eigenvalue weighted by Gasteiger charge is 2.39. The number of hydrogen-bond donors (Lipinski definition) is 1. The molecule has 1 fully saturated rings. The van der Waals surface area contributed by atoms with Gasteiger partial charge in [-0.1, -0.05) is 67.6 Å². The van der Waals surface area contributed by atoms with E-state index in [1.165, 1.54) is 11.1 Å². The molecule has 0 aromatic heterocycles. The third-order valence-corrected chi connectivity index (χ3v) is 5.57. The van der Waals surface area contributed by atoms with E-state index in [1.54, 1.807) is 0 Å². The number of amides is 1. The van der Waals surface area contributed by atoms with Crippen LogP contribution in [0.15, 0.2) is 60.7 Å². The second kappa shape index (κ2) is 9.05. The third-order valence-electron chi connectivity index (χ3n) is 5.57. The summed E-state index contributed by atoms with van der Waals surface area (Å²) in [7, 11) is 0. The number of piperazine rings is 1. The van der Waals surface area contributed by atoms with Crippen LogP contribution in [0.4, 0.5) is 0 Å².